The van der Waals surface area contributed by atoms with Crippen LogP contribution in [-0.4, -0.2) is 17.4 Å². The van der Waals surface area contributed by atoms with E-state index < -0.39 is 0 Å². The van der Waals surface area contributed by atoms with Crippen LogP contribution < -0.4 is 0 Å². The Bertz CT molecular complexity index is 1030. The van der Waals surface area contributed by atoms with Crippen LogP contribution in [0.4, 0.5) is 11.4 Å². The normalized spacial score (nSPS) is 12.0. The Balaban J connectivity index is 1.91. The summed E-state index contributed by atoms with van der Waals surface area (Å²) in [5, 5.41) is 0. The summed E-state index contributed by atoms with van der Waals surface area (Å²) in [6.45, 7) is 13.0. The second-order valence-electron chi connectivity index (χ2n) is 8.34. The molecule has 0 aliphatic carbocycles. The van der Waals surface area contributed by atoms with Crippen molar-refractivity contribution in [3.8, 4) is 0 Å². The summed E-state index contributed by atoms with van der Waals surface area (Å²) < 4.78 is 0. The number of aliphatic imine (C=N–C) groups is 2. The van der Waals surface area contributed by atoms with Crippen LogP contribution in [0.2, 0.25) is 0 Å². The van der Waals surface area contributed by atoms with Gasteiger partial charge in [0.05, 0.1) is 35.2 Å². The van der Waals surface area contributed by atoms with E-state index in [0.29, 0.717) is 11.8 Å². The molecule has 0 N–H and O–H groups in total. The average molecular weight is 398 g/mol. The summed E-state index contributed by atoms with van der Waals surface area (Å²) in [7, 11) is 0. The Kier molecular flexibility index (Phi) is 6.94. The Morgan fingerprint density at radius 2 is 1.07 bits per heavy atom. The van der Waals surface area contributed by atoms with E-state index in [1.165, 1.54) is 11.1 Å². The number of benzene rings is 2. The SMILES string of the molecule is Cc1cccc(C)c1N=Cc1cccc(C=Nc2c(C(C)C)cccc2C(C)C)n1. The zero-order valence-electron chi connectivity index (χ0n) is 18.8. The van der Waals surface area contributed by atoms with Gasteiger partial charge in [-0.15, -0.1) is 0 Å². The van der Waals surface area contributed by atoms with E-state index in [-0.39, 0.29) is 0 Å². The van der Waals surface area contributed by atoms with E-state index in [9.17, 15) is 0 Å². The third kappa shape index (κ3) is 5.10. The molecule has 0 saturated carbocycles. The van der Waals surface area contributed by atoms with Gasteiger partial charge in [-0.3, -0.25) is 9.98 Å². The molecule has 30 heavy (non-hydrogen) atoms. The van der Waals surface area contributed by atoms with Crippen molar-refractivity contribution in [1.82, 2.24) is 4.98 Å². The van der Waals surface area contributed by atoms with Gasteiger partial charge in [0.2, 0.25) is 0 Å². The summed E-state index contributed by atoms with van der Waals surface area (Å²) in [5.74, 6) is 0.833. The van der Waals surface area contributed by atoms with Crippen LogP contribution in [0.5, 0.6) is 0 Å². The number of hydrogen-bond acceptors (Lipinski definition) is 3. The summed E-state index contributed by atoms with van der Waals surface area (Å²) in [4.78, 5) is 14.3. The van der Waals surface area contributed by atoms with Crippen molar-refractivity contribution in [1.29, 1.82) is 0 Å². The molecule has 0 fully saturated rings. The molecule has 0 spiro atoms. The Morgan fingerprint density at radius 3 is 1.57 bits per heavy atom. The highest BCUT2D eigenvalue weighted by molar-refractivity contribution is 5.85. The van der Waals surface area contributed by atoms with Gasteiger partial charge in [-0.25, -0.2) is 4.98 Å². The molecule has 3 heteroatoms. The number of nitrogens with zero attached hydrogens (tertiary/aromatic N) is 3. The fourth-order valence-electron chi connectivity index (χ4n) is 3.54. The maximum atomic E-state index is 4.87. The Labute approximate surface area is 180 Å². The molecule has 0 aliphatic heterocycles. The molecule has 0 atom stereocenters. The molecule has 0 saturated heterocycles. The smallest absolute Gasteiger partial charge is 0.0820 e. The summed E-state index contributed by atoms with van der Waals surface area (Å²) in [6, 6.07) is 18.6. The molecule has 1 aromatic heterocycles. The first-order valence-electron chi connectivity index (χ1n) is 10.6. The van der Waals surface area contributed by atoms with Crippen LogP contribution in [0, 0.1) is 13.8 Å². The van der Waals surface area contributed by atoms with Crippen LogP contribution >= 0.6 is 0 Å². The number of hydrogen-bond donors (Lipinski definition) is 0. The van der Waals surface area contributed by atoms with Crippen LogP contribution in [0.15, 0.2) is 64.6 Å². The fourth-order valence-corrected chi connectivity index (χ4v) is 3.54. The highest BCUT2D eigenvalue weighted by Gasteiger charge is 2.12. The van der Waals surface area contributed by atoms with Gasteiger partial charge in [0, 0.05) is 0 Å². The van der Waals surface area contributed by atoms with Crippen molar-refractivity contribution in [3.05, 3.63) is 88.2 Å². The van der Waals surface area contributed by atoms with Crippen molar-refractivity contribution >= 4 is 23.8 Å². The molecule has 3 aromatic rings. The van der Waals surface area contributed by atoms with Crippen LogP contribution in [0.1, 0.15) is 73.2 Å². The summed E-state index contributed by atoms with van der Waals surface area (Å²) in [5.41, 5.74) is 8.59. The number of aromatic nitrogens is 1. The van der Waals surface area contributed by atoms with Gasteiger partial charge >= 0.3 is 0 Å². The van der Waals surface area contributed by atoms with Gasteiger partial charge < -0.3 is 0 Å². The van der Waals surface area contributed by atoms with Gasteiger partial charge in [-0.2, -0.15) is 0 Å². The van der Waals surface area contributed by atoms with Crippen LogP contribution in [0.25, 0.3) is 0 Å². The second-order valence-corrected chi connectivity index (χ2v) is 8.34. The molecule has 0 aliphatic rings. The topological polar surface area (TPSA) is 37.6 Å². The van der Waals surface area contributed by atoms with Gasteiger partial charge in [0.25, 0.3) is 0 Å². The van der Waals surface area contributed by atoms with Crippen molar-refractivity contribution < 1.29 is 0 Å². The summed E-state index contributed by atoms with van der Waals surface area (Å²) in [6.07, 6.45) is 3.69. The Morgan fingerprint density at radius 1 is 0.633 bits per heavy atom. The van der Waals surface area contributed by atoms with Crippen molar-refractivity contribution in [2.45, 2.75) is 53.4 Å². The minimum Gasteiger partial charge on any atom is -0.254 e. The minimum atomic E-state index is 0.416. The number of rotatable bonds is 6. The highest BCUT2D eigenvalue weighted by Crippen LogP contribution is 2.34. The molecule has 3 rings (SSSR count). The third-order valence-corrected chi connectivity index (χ3v) is 5.23. The third-order valence-electron chi connectivity index (χ3n) is 5.23. The predicted molar refractivity (Wildman–Crippen MR) is 129 cm³/mol. The monoisotopic (exact) mass is 397 g/mol. The first-order chi connectivity index (χ1) is 14.4. The van der Waals surface area contributed by atoms with E-state index in [2.05, 4.69) is 82.9 Å². The van der Waals surface area contributed by atoms with Crippen LogP contribution in [-0.2, 0) is 0 Å². The number of para-hydroxylation sites is 2. The lowest BCUT2D eigenvalue weighted by molar-refractivity contribution is 0.835. The first kappa shape index (κ1) is 21.6. The lowest BCUT2D eigenvalue weighted by atomic mass is 9.93. The molecule has 3 nitrogen and oxygen atoms in total. The maximum absolute atomic E-state index is 4.87. The number of pyridine rings is 1. The second kappa shape index (κ2) is 9.62. The maximum Gasteiger partial charge on any atom is 0.0820 e. The van der Waals surface area contributed by atoms with E-state index in [4.69, 9.17) is 9.98 Å². The van der Waals surface area contributed by atoms with Gasteiger partial charge in [0.1, 0.15) is 0 Å². The van der Waals surface area contributed by atoms with Crippen molar-refractivity contribution in [3.63, 3.8) is 0 Å². The standard InChI is InChI=1S/C27H31N3/c1-18(2)24-14-9-15-25(19(3)4)27(24)29-17-23-13-8-12-22(30-23)16-28-26-20(5)10-7-11-21(26)6/h7-19H,1-6H3. The van der Waals surface area contributed by atoms with E-state index in [1.807, 2.05) is 30.6 Å². The molecule has 0 unspecified atom stereocenters. The lowest BCUT2D eigenvalue weighted by Crippen LogP contribution is -1.97. The molecule has 0 radical (unpaired) electrons. The van der Waals surface area contributed by atoms with Gasteiger partial charge in [-0.1, -0.05) is 70.2 Å². The molecule has 0 amide bonds. The predicted octanol–water partition coefficient (Wildman–Crippen LogP) is 7.45. The summed E-state index contributed by atoms with van der Waals surface area (Å²) >= 11 is 0. The Hall–Kier alpha value is -3.07. The zero-order valence-corrected chi connectivity index (χ0v) is 18.8. The molecular weight excluding hydrogens is 366 g/mol. The number of aryl methyl sites for hydroxylation is 2. The molecule has 0 bridgehead atoms. The molecule has 2 aromatic carbocycles. The van der Waals surface area contributed by atoms with Crippen LogP contribution in [0.3, 0.4) is 0 Å². The van der Waals surface area contributed by atoms with E-state index in [1.54, 1.807) is 0 Å². The molecule has 154 valence electrons. The quantitative estimate of drug-likeness (QED) is 0.398. The first-order valence-corrected chi connectivity index (χ1v) is 10.6. The highest BCUT2D eigenvalue weighted by atomic mass is 14.8. The van der Waals surface area contributed by atoms with E-state index >= 15 is 0 Å². The van der Waals surface area contributed by atoms with Crippen molar-refractivity contribution in [2.75, 3.05) is 0 Å². The largest absolute Gasteiger partial charge is 0.254 e. The fraction of sp³-hybridized carbons (Fsp3) is 0.296. The zero-order chi connectivity index (χ0) is 21.7. The average Bonchev–Trinajstić information content (AvgIpc) is 2.71. The van der Waals surface area contributed by atoms with E-state index in [0.717, 1.165) is 33.9 Å². The van der Waals surface area contributed by atoms with Gasteiger partial charge in [-0.05, 0) is 60.1 Å². The molecular formula is C27H31N3. The molecule has 1 heterocycles. The minimum absolute atomic E-state index is 0.416. The van der Waals surface area contributed by atoms with Gasteiger partial charge in [0.15, 0.2) is 0 Å². The lowest BCUT2D eigenvalue weighted by Gasteiger charge is -2.16. The van der Waals surface area contributed by atoms with Crippen molar-refractivity contribution in [2.24, 2.45) is 9.98 Å².